The van der Waals surface area contributed by atoms with Crippen LogP contribution in [-0.4, -0.2) is 70.6 Å². The molecule has 0 aromatic carbocycles. The Kier molecular flexibility index (Phi) is 6.97. The summed E-state index contributed by atoms with van der Waals surface area (Å²) in [5.74, 6) is -0.666. The van der Waals surface area contributed by atoms with Gasteiger partial charge in [-0.15, -0.1) is 0 Å². The van der Waals surface area contributed by atoms with E-state index in [1.807, 2.05) is 24.3 Å². The van der Waals surface area contributed by atoms with E-state index in [0.29, 0.717) is 30.8 Å². The van der Waals surface area contributed by atoms with Gasteiger partial charge in [0.05, 0.1) is 29.9 Å². The summed E-state index contributed by atoms with van der Waals surface area (Å²) in [6.45, 7) is 0.153. The summed E-state index contributed by atoms with van der Waals surface area (Å²) in [7, 11) is 1.50. The van der Waals surface area contributed by atoms with Crippen molar-refractivity contribution in [2.75, 3.05) is 32.0 Å². The third-order valence-electron chi connectivity index (χ3n) is 5.10. The average molecular weight is 425 g/mol. The second-order valence-electron chi connectivity index (χ2n) is 7.38. The molecule has 3 rings (SSSR count). The number of halogens is 1. The van der Waals surface area contributed by atoms with Crippen molar-refractivity contribution < 1.29 is 14.0 Å². The molecule has 2 aromatic heterocycles. The molecule has 0 aliphatic carbocycles. The second-order valence-corrected chi connectivity index (χ2v) is 7.38. The summed E-state index contributed by atoms with van der Waals surface area (Å²) >= 11 is 0. The van der Waals surface area contributed by atoms with Crippen LogP contribution >= 0.6 is 0 Å². The quantitative estimate of drug-likeness (QED) is 0.676. The molecule has 3 N–H and O–H groups in total. The number of carbonyl (C=O) groups excluding carboxylic acids is 2. The molecule has 162 valence electrons. The highest BCUT2D eigenvalue weighted by molar-refractivity contribution is 5.98. The normalized spacial score (nSPS) is 18.2. The van der Waals surface area contributed by atoms with Crippen molar-refractivity contribution in [2.45, 2.75) is 25.1 Å². The number of nitrogens with zero attached hydrogens (tertiary/aromatic N) is 5. The fraction of sp³-hybridized carbons (Fsp3) is 0.381. The number of alkyl halides is 1. The van der Waals surface area contributed by atoms with Gasteiger partial charge in [0.1, 0.15) is 12.7 Å². The fourth-order valence-electron chi connectivity index (χ4n) is 3.46. The number of primary amides is 1. The topological polar surface area (TPSA) is 128 Å². The first kappa shape index (κ1) is 22.0. The summed E-state index contributed by atoms with van der Waals surface area (Å²) in [6, 6.07) is 8.14. The highest BCUT2D eigenvalue weighted by Crippen LogP contribution is 2.24. The van der Waals surface area contributed by atoms with Crippen molar-refractivity contribution in [3.63, 3.8) is 0 Å². The molecule has 0 spiro atoms. The van der Waals surface area contributed by atoms with Gasteiger partial charge in [-0.1, -0.05) is 6.07 Å². The molecule has 10 heteroatoms. The zero-order chi connectivity index (χ0) is 22.4. The number of pyridine rings is 2. The number of nitriles is 1. The van der Waals surface area contributed by atoms with E-state index in [0.717, 1.165) is 5.69 Å². The average Bonchev–Trinajstić information content (AvgIpc) is 2.75. The number of piperidine rings is 1. The molecular formula is C21H24FN7O2. The minimum Gasteiger partial charge on any atom is -0.378 e. The Balaban J connectivity index is 1.72. The maximum absolute atomic E-state index is 14.9. The van der Waals surface area contributed by atoms with Crippen LogP contribution in [0.5, 0.6) is 0 Å². The summed E-state index contributed by atoms with van der Waals surface area (Å²) in [6.07, 6.45) is 2.49. The molecule has 3 heterocycles. The van der Waals surface area contributed by atoms with Gasteiger partial charge in [-0.05, 0) is 24.6 Å². The van der Waals surface area contributed by atoms with Crippen LogP contribution in [0.4, 0.5) is 14.9 Å². The lowest BCUT2D eigenvalue weighted by Gasteiger charge is -2.37. The molecule has 2 atom stereocenters. The summed E-state index contributed by atoms with van der Waals surface area (Å²) < 4.78 is 14.9. The van der Waals surface area contributed by atoms with E-state index in [1.54, 1.807) is 12.3 Å². The number of likely N-dealkylation sites (tertiary alicyclic amines) is 1. The Bertz CT molecular complexity index is 979. The molecule has 9 nitrogen and oxygen atoms in total. The van der Waals surface area contributed by atoms with Gasteiger partial charge in [0.15, 0.2) is 0 Å². The minimum atomic E-state index is -1.36. The number of hydrogen-bond donors (Lipinski definition) is 2. The van der Waals surface area contributed by atoms with Gasteiger partial charge >= 0.3 is 6.03 Å². The van der Waals surface area contributed by atoms with E-state index in [2.05, 4.69) is 15.3 Å². The number of amides is 3. The van der Waals surface area contributed by atoms with Crippen molar-refractivity contribution in [3.8, 4) is 6.07 Å². The van der Waals surface area contributed by atoms with Crippen molar-refractivity contribution in [1.82, 2.24) is 19.8 Å². The molecule has 1 saturated heterocycles. The van der Waals surface area contributed by atoms with Crippen molar-refractivity contribution in [2.24, 2.45) is 5.73 Å². The summed E-state index contributed by atoms with van der Waals surface area (Å²) in [4.78, 5) is 35.3. The summed E-state index contributed by atoms with van der Waals surface area (Å²) in [5.41, 5.74) is 7.52. The monoisotopic (exact) mass is 425 g/mol. The number of hydrogen-bond acceptors (Lipinski definition) is 6. The van der Waals surface area contributed by atoms with Gasteiger partial charge in [-0.25, -0.2) is 9.18 Å². The first-order valence-corrected chi connectivity index (χ1v) is 9.85. The van der Waals surface area contributed by atoms with E-state index in [9.17, 15) is 14.0 Å². The van der Waals surface area contributed by atoms with Gasteiger partial charge in [-0.2, -0.15) is 5.26 Å². The lowest BCUT2D eigenvalue weighted by atomic mass is 10.0. The SMILES string of the molecule is CN(CC#N)C(=O)N1CC[C@@H](Nc2cc(Cc3ccccn3)ncc2C(N)=O)[C@@H](F)C1. The van der Waals surface area contributed by atoms with Crippen molar-refractivity contribution >= 4 is 17.6 Å². The Morgan fingerprint density at radius 3 is 2.84 bits per heavy atom. The number of carbonyl (C=O) groups is 2. The van der Waals surface area contributed by atoms with E-state index < -0.39 is 18.1 Å². The van der Waals surface area contributed by atoms with Crippen LogP contribution in [-0.2, 0) is 6.42 Å². The van der Waals surface area contributed by atoms with Crippen LogP contribution in [0.2, 0.25) is 0 Å². The lowest BCUT2D eigenvalue weighted by molar-refractivity contribution is 0.1000. The molecule has 1 aliphatic heterocycles. The molecule has 0 saturated carbocycles. The third-order valence-corrected chi connectivity index (χ3v) is 5.10. The van der Waals surface area contributed by atoms with E-state index in [4.69, 9.17) is 11.0 Å². The van der Waals surface area contributed by atoms with Crippen LogP contribution in [0.25, 0.3) is 0 Å². The van der Waals surface area contributed by atoms with Crippen LogP contribution in [0, 0.1) is 11.3 Å². The van der Waals surface area contributed by atoms with Crippen LogP contribution < -0.4 is 11.1 Å². The van der Waals surface area contributed by atoms with Crippen LogP contribution in [0.3, 0.4) is 0 Å². The Labute approximate surface area is 179 Å². The Morgan fingerprint density at radius 1 is 1.39 bits per heavy atom. The van der Waals surface area contributed by atoms with E-state index >= 15 is 0 Å². The van der Waals surface area contributed by atoms with E-state index in [-0.39, 0.29) is 24.7 Å². The van der Waals surface area contributed by atoms with Gasteiger partial charge in [-0.3, -0.25) is 14.8 Å². The van der Waals surface area contributed by atoms with Gasteiger partial charge in [0.25, 0.3) is 5.91 Å². The number of rotatable bonds is 6. The minimum absolute atomic E-state index is 0.0635. The fourth-order valence-corrected chi connectivity index (χ4v) is 3.46. The molecular weight excluding hydrogens is 401 g/mol. The smallest absolute Gasteiger partial charge is 0.320 e. The highest BCUT2D eigenvalue weighted by Gasteiger charge is 2.33. The number of urea groups is 1. The van der Waals surface area contributed by atoms with Crippen LogP contribution in [0.15, 0.2) is 36.7 Å². The maximum Gasteiger partial charge on any atom is 0.320 e. The number of anilines is 1. The van der Waals surface area contributed by atoms with Gasteiger partial charge in [0, 0.05) is 43.8 Å². The predicted molar refractivity (Wildman–Crippen MR) is 112 cm³/mol. The van der Waals surface area contributed by atoms with Gasteiger partial charge < -0.3 is 20.9 Å². The molecule has 0 unspecified atom stereocenters. The first-order chi connectivity index (χ1) is 14.9. The molecule has 0 bridgehead atoms. The van der Waals surface area contributed by atoms with E-state index in [1.165, 1.54) is 23.0 Å². The third kappa shape index (κ3) is 5.45. The largest absolute Gasteiger partial charge is 0.378 e. The number of nitrogens with two attached hydrogens (primary N) is 1. The zero-order valence-corrected chi connectivity index (χ0v) is 17.2. The number of nitrogens with one attached hydrogen (secondary N) is 1. The predicted octanol–water partition coefficient (Wildman–Crippen LogP) is 1.57. The Hall–Kier alpha value is -3.74. The second kappa shape index (κ2) is 9.84. The standard InChI is InChI=1S/C21H24FN7O2/c1-28(9-6-23)21(31)29-8-5-18(17(22)13-29)27-19-11-15(26-12-16(19)20(24)30)10-14-4-2-3-7-25-14/h2-4,7,11-12,17-18H,5,8-10,13H2,1H3,(H2,24,30)(H,26,27)/t17-,18+/m0/s1. The molecule has 1 fully saturated rings. The van der Waals surface area contributed by atoms with Crippen molar-refractivity contribution in [3.05, 3.63) is 53.6 Å². The first-order valence-electron chi connectivity index (χ1n) is 9.85. The molecule has 0 radical (unpaired) electrons. The zero-order valence-electron chi connectivity index (χ0n) is 17.2. The maximum atomic E-state index is 14.9. The molecule has 1 aliphatic rings. The lowest BCUT2D eigenvalue weighted by Crippen LogP contribution is -2.53. The van der Waals surface area contributed by atoms with Crippen molar-refractivity contribution in [1.29, 1.82) is 5.26 Å². The molecule has 3 amide bonds. The molecule has 2 aromatic rings. The highest BCUT2D eigenvalue weighted by atomic mass is 19.1. The number of aromatic nitrogens is 2. The Morgan fingerprint density at radius 2 is 2.19 bits per heavy atom. The molecule has 31 heavy (non-hydrogen) atoms. The van der Waals surface area contributed by atoms with Gasteiger partial charge in [0.2, 0.25) is 0 Å². The summed E-state index contributed by atoms with van der Waals surface area (Å²) in [5, 5.41) is 11.8. The van der Waals surface area contributed by atoms with Crippen LogP contribution in [0.1, 0.15) is 28.2 Å².